The second-order valence-electron chi connectivity index (χ2n) is 7.66. The van der Waals surface area contributed by atoms with E-state index in [1.54, 1.807) is 0 Å². The van der Waals surface area contributed by atoms with Crippen LogP contribution in [0.15, 0.2) is 0 Å². The van der Waals surface area contributed by atoms with Crippen LogP contribution in [0.4, 0.5) is 4.79 Å². The first-order chi connectivity index (χ1) is 12.5. The highest BCUT2D eigenvalue weighted by atomic mass is 16.5. The highest BCUT2D eigenvalue weighted by Crippen LogP contribution is 2.33. The molecule has 26 heavy (non-hydrogen) atoms. The Morgan fingerprint density at radius 2 is 1.92 bits per heavy atom. The van der Waals surface area contributed by atoms with E-state index in [-0.39, 0.29) is 36.9 Å². The summed E-state index contributed by atoms with van der Waals surface area (Å²) in [4.78, 5) is 40.6. The Morgan fingerprint density at radius 3 is 2.62 bits per heavy atom. The van der Waals surface area contributed by atoms with Crippen LogP contribution in [0.3, 0.4) is 0 Å². The maximum Gasteiger partial charge on any atom is 0.325 e. The van der Waals surface area contributed by atoms with E-state index in [0.29, 0.717) is 12.8 Å². The minimum absolute atomic E-state index is 0.0217. The number of imide groups is 1. The molecule has 8 heteroatoms. The highest BCUT2D eigenvalue weighted by Gasteiger charge is 2.51. The van der Waals surface area contributed by atoms with Crippen LogP contribution in [0.25, 0.3) is 0 Å². The lowest BCUT2D eigenvalue weighted by molar-refractivity contribution is -0.132. The van der Waals surface area contributed by atoms with E-state index in [2.05, 4.69) is 15.5 Å². The Labute approximate surface area is 154 Å². The maximum atomic E-state index is 12.7. The molecular weight excluding hydrogens is 336 g/mol. The first-order valence-corrected chi connectivity index (χ1v) is 9.74. The number of rotatable bonds is 6. The van der Waals surface area contributed by atoms with Gasteiger partial charge in [0, 0.05) is 38.6 Å². The second-order valence-corrected chi connectivity index (χ2v) is 7.66. The van der Waals surface area contributed by atoms with Crippen molar-refractivity contribution in [2.45, 2.75) is 57.0 Å². The van der Waals surface area contributed by atoms with Crippen molar-refractivity contribution in [3.8, 4) is 0 Å². The van der Waals surface area contributed by atoms with Crippen molar-refractivity contribution >= 4 is 17.8 Å². The second kappa shape index (κ2) is 8.35. The van der Waals surface area contributed by atoms with Gasteiger partial charge < -0.3 is 15.4 Å². The summed E-state index contributed by atoms with van der Waals surface area (Å²) in [6.07, 6.45) is 4.57. The number of amides is 4. The Kier molecular flexibility index (Phi) is 6.13. The van der Waals surface area contributed by atoms with Crippen molar-refractivity contribution in [2.24, 2.45) is 0 Å². The molecule has 2 aliphatic heterocycles. The summed E-state index contributed by atoms with van der Waals surface area (Å²) >= 11 is 0. The van der Waals surface area contributed by atoms with E-state index >= 15 is 0 Å². The molecule has 2 saturated heterocycles. The number of carbonyl (C=O) groups excluding carboxylic acids is 3. The SMILES string of the molecule is CC(CN1CCOCC1)NC(=O)CCN1C(=O)NC2(CCCCC2)C1=O. The average molecular weight is 366 g/mol. The molecule has 3 fully saturated rings. The lowest BCUT2D eigenvalue weighted by Gasteiger charge is -2.30. The minimum atomic E-state index is -0.713. The van der Waals surface area contributed by atoms with Crippen molar-refractivity contribution in [1.82, 2.24) is 20.4 Å². The fraction of sp³-hybridized carbons (Fsp3) is 0.833. The lowest BCUT2D eigenvalue weighted by atomic mass is 9.82. The quantitative estimate of drug-likeness (QED) is 0.667. The van der Waals surface area contributed by atoms with Crippen LogP contribution < -0.4 is 10.6 Å². The summed E-state index contributed by atoms with van der Waals surface area (Å²) in [6, 6.07) is -0.334. The summed E-state index contributed by atoms with van der Waals surface area (Å²) in [5.74, 6) is -0.285. The molecule has 0 aromatic heterocycles. The van der Waals surface area contributed by atoms with Crippen molar-refractivity contribution in [3.05, 3.63) is 0 Å². The zero-order chi connectivity index (χ0) is 18.6. The predicted octanol–water partition coefficient (Wildman–Crippen LogP) is 0.468. The van der Waals surface area contributed by atoms with Gasteiger partial charge in [0.1, 0.15) is 5.54 Å². The van der Waals surface area contributed by atoms with E-state index in [1.807, 2.05) is 6.92 Å². The first kappa shape index (κ1) is 19.1. The van der Waals surface area contributed by atoms with Crippen LogP contribution in [0, 0.1) is 0 Å². The third-order valence-electron chi connectivity index (χ3n) is 5.56. The van der Waals surface area contributed by atoms with Gasteiger partial charge in [-0.1, -0.05) is 19.3 Å². The third kappa shape index (κ3) is 4.35. The normalized spacial score (nSPS) is 24.6. The van der Waals surface area contributed by atoms with Gasteiger partial charge in [-0.05, 0) is 19.8 Å². The topological polar surface area (TPSA) is 91.0 Å². The van der Waals surface area contributed by atoms with E-state index in [1.165, 1.54) is 4.90 Å². The number of morpholine rings is 1. The zero-order valence-electron chi connectivity index (χ0n) is 15.6. The molecule has 3 rings (SSSR count). The van der Waals surface area contributed by atoms with Crippen molar-refractivity contribution in [2.75, 3.05) is 39.4 Å². The molecule has 4 amide bonds. The molecule has 2 heterocycles. The number of ether oxygens (including phenoxy) is 1. The fourth-order valence-electron chi connectivity index (χ4n) is 4.15. The molecule has 0 aromatic rings. The number of nitrogens with zero attached hydrogens (tertiary/aromatic N) is 2. The fourth-order valence-corrected chi connectivity index (χ4v) is 4.15. The standard InChI is InChI=1S/C18H30N4O4/c1-14(13-21-9-11-26-12-10-21)19-15(23)5-8-22-16(24)18(20-17(22)25)6-3-2-4-7-18/h14H,2-13H2,1H3,(H,19,23)(H,20,25). The maximum absolute atomic E-state index is 12.7. The molecule has 1 unspecified atom stereocenters. The van der Waals surface area contributed by atoms with Crippen LogP contribution in [-0.2, 0) is 14.3 Å². The Balaban J connectivity index is 1.43. The third-order valence-corrected chi connectivity index (χ3v) is 5.56. The predicted molar refractivity (Wildman–Crippen MR) is 95.5 cm³/mol. The monoisotopic (exact) mass is 366 g/mol. The summed E-state index contributed by atoms with van der Waals surface area (Å²) in [5, 5.41) is 5.84. The zero-order valence-corrected chi connectivity index (χ0v) is 15.6. The summed E-state index contributed by atoms with van der Waals surface area (Å²) < 4.78 is 5.32. The minimum Gasteiger partial charge on any atom is -0.379 e. The van der Waals surface area contributed by atoms with Gasteiger partial charge in [-0.2, -0.15) is 0 Å². The van der Waals surface area contributed by atoms with Crippen molar-refractivity contribution in [3.63, 3.8) is 0 Å². The summed E-state index contributed by atoms with van der Waals surface area (Å²) in [6.45, 7) is 6.11. The molecular formula is C18H30N4O4. The molecule has 1 aliphatic carbocycles. The lowest BCUT2D eigenvalue weighted by Crippen LogP contribution is -2.48. The van der Waals surface area contributed by atoms with E-state index < -0.39 is 5.54 Å². The van der Waals surface area contributed by atoms with Gasteiger partial charge in [-0.3, -0.25) is 19.4 Å². The molecule has 1 saturated carbocycles. The molecule has 8 nitrogen and oxygen atoms in total. The molecule has 146 valence electrons. The molecule has 0 bridgehead atoms. The molecule has 2 N–H and O–H groups in total. The molecule has 1 atom stereocenters. The first-order valence-electron chi connectivity index (χ1n) is 9.74. The van der Waals surface area contributed by atoms with Gasteiger partial charge in [-0.25, -0.2) is 4.79 Å². The van der Waals surface area contributed by atoms with Crippen LogP contribution in [0.2, 0.25) is 0 Å². The molecule has 0 aromatic carbocycles. The molecule has 0 radical (unpaired) electrons. The average Bonchev–Trinajstić information content (AvgIpc) is 2.84. The Bertz CT molecular complexity index is 541. The van der Waals surface area contributed by atoms with Crippen LogP contribution in [0.1, 0.15) is 45.4 Å². The van der Waals surface area contributed by atoms with Gasteiger partial charge >= 0.3 is 6.03 Å². The number of hydrogen-bond donors (Lipinski definition) is 2. The van der Waals surface area contributed by atoms with Crippen molar-refractivity contribution in [1.29, 1.82) is 0 Å². The van der Waals surface area contributed by atoms with Gasteiger partial charge in [0.25, 0.3) is 5.91 Å². The molecule has 3 aliphatic rings. The highest BCUT2D eigenvalue weighted by molar-refractivity contribution is 6.07. The smallest absolute Gasteiger partial charge is 0.325 e. The van der Waals surface area contributed by atoms with Gasteiger partial charge in [-0.15, -0.1) is 0 Å². The number of urea groups is 1. The van der Waals surface area contributed by atoms with Gasteiger partial charge in [0.15, 0.2) is 0 Å². The molecule has 1 spiro atoms. The van der Waals surface area contributed by atoms with Gasteiger partial charge in [0.05, 0.1) is 13.2 Å². The van der Waals surface area contributed by atoms with E-state index in [4.69, 9.17) is 4.74 Å². The van der Waals surface area contributed by atoms with E-state index in [0.717, 1.165) is 52.1 Å². The largest absolute Gasteiger partial charge is 0.379 e. The van der Waals surface area contributed by atoms with Crippen LogP contribution in [-0.4, -0.2) is 78.6 Å². The Morgan fingerprint density at radius 1 is 1.23 bits per heavy atom. The number of nitrogens with one attached hydrogen (secondary N) is 2. The van der Waals surface area contributed by atoms with Crippen LogP contribution in [0.5, 0.6) is 0 Å². The number of hydrogen-bond acceptors (Lipinski definition) is 5. The van der Waals surface area contributed by atoms with E-state index in [9.17, 15) is 14.4 Å². The van der Waals surface area contributed by atoms with Crippen molar-refractivity contribution < 1.29 is 19.1 Å². The summed E-state index contributed by atoms with van der Waals surface area (Å²) in [5.41, 5.74) is -0.713. The van der Waals surface area contributed by atoms with Gasteiger partial charge in [0.2, 0.25) is 5.91 Å². The summed E-state index contributed by atoms with van der Waals surface area (Å²) in [7, 11) is 0. The van der Waals surface area contributed by atoms with Crippen LogP contribution >= 0.6 is 0 Å². The Hall–Kier alpha value is -1.67. The number of carbonyl (C=O) groups is 3.